The van der Waals surface area contributed by atoms with Gasteiger partial charge in [-0.3, -0.25) is 14.9 Å². The van der Waals surface area contributed by atoms with Crippen molar-refractivity contribution in [2.24, 2.45) is 0 Å². The standard InChI is InChI=1S/C23H20N2O7/c1-4-31-23(27)21-20(11-7-15-5-8-16(9-6-15)25(28)29)24-19-12-10-17(30-3)13-18(19)22(21)32-14(2)26/h5-13H,4H2,1-3H3. The van der Waals surface area contributed by atoms with E-state index in [2.05, 4.69) is 4.98 Å². The van der Waals surface area contributed by atoms with E-state index in [1.165, 1.54) is 26.2 Å². The Morgan fingerprint density at radius 2 is 1.84 bits per heavy atom. The molecule has 3 aromatic rings. The molecule has 32 heavy (non-hydrogen) atoms. The first-order chi connectivity index (χ1) is 15.3. The van der Waals surface area contributed by atoms with Crippen molar-refractivity contribution in [2.45, 2.75) is 13.8 Å². The van der Waals surface area contributed by atoms with Crippen molar-refractivity contribution >= 4 is 40.7 Å². The van der Waals surface area contributed by atoms with E-state index in [1.807, 2.05) is 0 Å². The minimum absolute atomic E-state index is 0.0130. The Hall–Kier alpha value is -4.27. The summed E-state index contributed by atoms with van der Waals surface area (Å²) in [4.78, 5) is 39.5. The smallest absolute Gasteiger partial charge is 0.344 e. The minimum Gasteiger partial charge on any atom is -0.497 e. The Kier molecular flexibility index (Phi) is 6.79. The lowest BCUT2D eigenvalue weighted by molar-refractivity contribution is -0.384. The van der Waals surface area contributed by atoms with Crippen molar-refractivity contribution < 1.29 is 28.7 Å². The van der Waals surface area contributed by atoms with Gasteiger partial charge in [-0.25, -0.2) is 9.78 Å². The number of carbonyl (C=O) groups excluding carboxylic acids is 2. The van der Waals surface area contributed by atoms with Crippen molar-refractivity contribution in [1.82, 2.24) is 4.98 Å². The van der Waals surface area contributed by atoms with Crippen molar-refractivity contribution in [2.75, 3.05) is 13.7 Å². The third-order valence-corrected chi connectivity index (χ3v) is 4.44. The minimum atomic E-state index is -0.704. The molecule has 0 spiro atoms. The maximum Gasteiger partial charge on any atom is 0.344 e. The molecule has 3 rings (SSSR count). The predicted molar refractivity (Wildman–Crippen MR) is 118 cm³/mol. The summed E-state index contributed by atoms with van der Waals surface area (Å²) in [6.07, 6.45) is 3.20. The number of hydrogen-bond acceptors (Lipinski definition) is 8. The normalized spacial score (nSPS) is 10.8. The van der Waals surface area contributed by atoms with Gasteiger partial charge in [-0.2, -0.15) is 0 Å². The average molecular weight is 436 g/mol. The first-order valence-electron chi connectivity index (χ1n) is 9.63. The van der Waals surface area contributed by atoms with Crippen LogP contribution >= 0.6 is 0 Å². The van der Waals surface area contributed by atoms with Crippen molar-refractivity contribution in [3.8, 4) is 11.5 Å². The van der Waals surface area contributed by atoms with Gasteiger partial charge in [-0.05, 0) is 48.9 Å². The molecule has 1 heterocycles. The average Bonchev–Trinajstić information content (AvgIpc) is 2.77. The number of hydrogen-bond donors (Lipinski definition) is 0. The van der Waals surface area contributed by atoms with Gasteiger partial charge in [0.25, 0.3) is 5.69 Å². The molecule has 0 saturated carbocycles. The number of rotatable bonds is 7. The number of carbonyl (C=O) groups is 2. The molecule has 0 atom stereocenters. The lowest BCUT2D eigenvalue weighted by Crippen LogP contribution is -2.13. The van der Waals surface area contributed by atoms with E-state index in [1.54, 1.807) is 49.4 Å². The maximum absolute atomic E-state index is 12.8. The van der Waals surface area contributed by atoms with Crippen molar-refractivity contribution in [3.05, 3.63) is 69.4 Å². The summed E-state index contributed by atoms with van der Waals surface area (Å²) in [5.41, 5.74) is 1.29. The van der Waals surface area contributed by atoms with Gasteiger partial charge in [0.15, 0.2) is 5.75 Å². The molecule has 1 aromatic heterocycles. The highest BCUT2D eigenvalue weighted by Gasteiger charge is 2.24. The monoisotopic (exact) mass is 436 g/mol. The maximum atomic E-state index is 12.8. The van der Waals surface area contributed by atoms with Crippen molar-refractivity contribution in [3.63, 3.8) is 0 Å². The van der Waals surface area contributed by atoms with Gasteiger partial charge in [0.05, 0.1) is 29.9 Å². The van der Waals surface area contributed by atoms with E-state index in [4.69, 9.17) is 14.2 Å². The topological polar surface area (TPSA) is 118 Å². The fourth-order valence-corrected chi connectivity index (χ4v) is 3.01. The number of benzene rings is 2. The number of nitro groups is 1. The third-order valence-electron chi connectivity index (χ3n) is 4.44. The quantitative estimate of drug-likeness (QED) is 0.303. The van der Waals surface area contributed by atoms with Crippen LogP contribution in [0.4, 0.5) is 5.69 Å². The molecule has 0 N–H and O–H groups in total. The summed E-state index contributed by atoms with van der Waals surface area (Å²) in [5, 5.41) is 11.3. The Bertz CT molecular complexity index is 1220. The number of esters is 2. The molecule has 0 bridgehead atoms. The van der Waals surface area contributed by atoms with E-state index < -0.39 is 16.9 Å². The Morgan fingerprint density at radius 1 is 1.12 bits per heavy atom. The van der Waals surface area contributed by atoms with Gasteiger partial charge in [-0.15, -0.1) is 0 Å². The van der Waals surface area contributed by atoms with Crippen LogP contribution in [0.3, 0.4) is 0 Å². The molecule has 0 unspecified atom stereocenters. The zero-order chi connectivity index (χ0) is 23.3. The number of pyridine rings is 1. The Morgan fingerprint density at radius 3 is 2.44 bits per heavy atom. The summed E-state index contributed by atoms with van der Waals surface area (Å²) in [6.45, 7) is 3.00. The van der Waals surface area contributed by atoms with E-state index in [0.29, 0.717) is 22.2 Å². The number of methoxy groups -OCH3 is 1. The first kappa shape index (κ1) is 22.4. The third kappa shape index (κ3) is 4.89. The number of non-ortho nitro benzene ring substituents is 1. The lowest BCUT2D eigenvalue weighted by atomic mass is 10.1. The number of nitrogens with zero attached hydrogens (tertiary/aromatic N) is 2. The fraction of sp³-hybridized carbons (Fsp3) is 0.174. The van der Waals surface area contributed by atoms with E-state index in [-0.39, 0.29) is 29.3 Å². The zero-order valence-electron chi connectivity index (χ0n) is 17.7. The molecule has 2 aromatic carbocycles. The highest BCUT2D eigenvalue weighted by Crippen LogP contribution is 2.35. The largest absolute Gasteiger partial charge is 0.497 e. The van der Waals surface area contributed by atoms with Crippen LogP contribution in [0.5, 0.6) is 11.5 Å². The number of ether oxygens (including phenoxy) is 3. The van der Waals surface area contributed by atoms with E-state index in [9.17, 15) is 19.7 Å². The second-order valence-electron chi connectivity index (χ2n) is 6.58. The molecule has 9 nitrogen and oxygen atoms in total. The molecule has 0 aliphatic rings. The van der Waals surface area contributed by atoms with Gasteiger partial charge in [-0.1, -0.05) is 6.08 Å². The summed E-state index contributed by atoms with van der Waals surface area (Å²) in [5.74, 6) is -0.805. The lowest BCUT2D eigenvalue weighted by Gasteiger charge is -2.14. The molecule has 0 aliphatic heterocycles. The van der Waals surface area contributed by atoms with Gasteiger partial charge in [0, 0.05) is 24.4 Å². The Labute approximate surface area is 183 Å². The highest BCUT2D eigenvalue weighted by molar-refractivity contribution is 6.04. The second kappa shape index (κ2) is 9.69. The van der Waals surface area contributed by atoms with Crippen LogP contribution in [0.15, 0.2) is 42.5 Å². The Balaban J connectivity index is 2.20. The van der Waals surface area contributed by atoms with Gasteiger partial charge >= 0.3 is 11.9 Å². The molecular weight excluding hydrogens is 416 g/mol. The number of fused-ring (bicyclic) bond motifs is 1. The van der Waals surface area contributed by atoms with Crippen LogP contribution in [-0.2, 0) is 9.53 Å². The molecule has 0 aliphatic carbocycles. The molecule has 0 amide bonds. The number of nitro benzene ring substituents is 1. The van der Waals surface area contributed by atoms with Gasteiger partial charge in [0.1, 0.15) is 11.3 Å². The van der Waals surface area contributed by atoms with Crippen LogP contribution in [0, 0.1) is 10.1 Å². The van der Waals surface area contributed by atoms with Crippen LogP contribution < -0.4 is 9.47 Å². The van der Waals surface area contributed by atoms with Crippen LogP contribution in [0.2, 0.25) is 0 Å². The highest BCUT2D eigenvalue weighted by atomic mass is 16.6. The second-order valence-corrected chi connectivity index (χ2v) is 6.58. The SMILES string of the molecule is CCOC(=O)c1c(C=Cc2ccc([N+](=O)[O-])cc2)nc2ccc(OC)cc2c1OC(C)=O. The number of aromatic nitrogens is 1. The summed E-state index contributed by atoms with van der Waals surface area (Å²) in [6, 6.07) is 10.9. The van der Waals surface area contributed by atoms with Crippen LogP contribution in [0.25, 0.3) is 23.1 Å². The molecule has 0 radical (unpaired) electrons. The molecule has 0 saturated heterocycles. The predicted octanol–water partition coefficient (Wildman–Crippen LogP) is 4.42. The van der Waals surface area contributed by atoms with E-state index in [0.717, 1.165) is 0 Å². The first-order valence-corrected chi connectivity index (χ1v) is 9.63. The molecule has 9 heteroatoms. The van der Waals surface area contributed by atoms with Crippen molar-refractivity contribution in [1.29, 1.82) is 0 Å². The fourth-order valence-electron chi connectivity index (χ4n) is 3.01. The summed E-state index contributed by atoms with van der Waals surface area (Å²) < 4.78 is 15.8. The zero-order valence-corrected chi connectivity index (χ0v) is 17.7. The van der Waals surface area contributed by atoms with Gasteiger partial charge in [0.2, 0.25) is 0 Å². The molecular formula is C23H20N2O7. The van der Waals surface area contributed by atoms with Crippen LogP contribution in [0.1, 0.15) is 35.5 Å². The van der Waals surface area contributed by atoms with E-state index >= 15 is 0 Å². The van der Waals surface area contributed by atoms with Gasteiger partial charge < -0.3 is 14.2 Å². The molecule has 164 valence electrons. The summed E-state index contributed by atoms with van der Waals surface area (Å²) >= 11 is 0. The molecule has 0 fully saturated rings. The summed E-state index contributed by atoms with van der Waals surface area (Å²) in [7, 11) is 1.49. The van der Waals surface area contributed by atoms with Crippen LogP contribution in [-0.4, -0.2) is 35.6 Å².